The summed E-state index contributed by atoms with van der Waals surface area (Å²) in [5, 5.41) is 0. The third kappa shape index (κ3) is 3.91. The summed E-state index contributed by atoms with van der Waals surface area (Å²) in [7, 11) is -15.5. The quantitative estimate of drug-likeness (QED) is 0.475. The maximum atomic E-state index is 12.5. The highest BCUT2D eigenvalue weighted by Gasteiger charge is 2.64. The molecule has 0 spiro atoms. The predicted molar refractivity (Wildman–Crippen MR) is 62.4 cm³/mol. The molecule has 1 unspecified atom stereocenters. The Kier molecular flexibility index (Phi) is 6.47. The molecule has 0 aromatic heterocycles. The van der Waals surface area contributed by atoms with Gasteiger partial charge in [0, 0.05) is 14.2 Å². The summed E-state index contributed by atoms with van der Waals surface area (Å²) in [6.07, 6.45) is 0. The summed E-state index contributed by atoms with van der Waals surface area (Å²) >= 11 is 0. The fraction of sp³-hybridized carbons (Fsp3) is 1.00. The molecule has 0 aromatic rings. The summed E-state index contributed by atoms with van der Waals surface area (Å²) in [6.45, 7) is 0.510. The van der Waals surface area contributed by atoms with E-state index in [4.69, 9.17) is 0 Å². The molecule has 1 atom stereocenters. The van der Waals surface area contributed by atoms with Gasteiger partial charge in [-0.1, -0.05) is 3.71 Å². The van der Waals surface area contributed by atoms with E-state index >= 15 is 0 Å². The Morgan fingerprint density at radius 2 is 1.14 bits per heavy atom. The van der Waals surface area contributed by atoms with Gasteiger partial charge in [0.25, 0.3) is 0 Å². The third-order valence-corrected chi connectivity index (χ3v) is 8.66. The van der Waals surface area contributed by atoms with Crippen LogP contribution in [0.5, 0.6) is 0 Å². The Labute approximate surface area is 123 Å². The lowest BCUT2D eigenvalue weighted by Crippen LogP contribution is -2.58. The van der Waals surface area contributed by atoms with Crippen LogP contribution in [0.3, 0.4) is 0 Å². The molecule has 0 saturated heterocycles. The zero-order valence-electron chi connectivity index (χ0n) is 11.1. The molecule has 0 aliphatic heterocycles. The zero-order valence-corrected chi connectivity index (χ0v) is 13.9. The number of nitrogens with zero attached hydrogens (tertiary/aromatic N) is 1. The van der Waals surface area contributed by atoms with Crippen molar-refractivity contribution in [1.82, 2.24) is 3.71 Å². The van der Waals surface area contributed by atoms with E-state index in [-0.39, 0.29) is 0 Å². The van der Waals surface area contributed by atoms with Gasteiger partial charge in [0.15, 0.2) is 0 Å². The SMILES string of the molecule is CO[SiH](OC)C(C)N(S(=O)(=O)C(F)(F)F)S(=O)(=O)C(F)(F)F. The highest BCUT2D eigenvalue weighted by Crippen LogP contribution is 2.37. The van der Waals surface area contributed by atoms with Gasteiger partial charge in [-0.3, -0.25) is 0 Å². The number of alkyl halides is 6. The van der Waals surface area contributed by atoms with Crippen molar-refractivity contribution in [3.8, 4) is 0 Å². The van der Waals surface area contributed by atoms with E-state index in [1.165, 1.54) is 0 Å². The summed E-state index contributed by atoms with van der Waals surface area (Å²) in [5.74, 6) is 0. The van der Waals surface area contributed by atoms with Crippen molar-refractivity contribution in [3.63, 3.8) is 0 Å². The van der Waals surface area contributed by atoms with Crippen LogP contribution in [-0.4, -0.2) is 60.7 Å². The lowest BCUT2D eigenvalue weighted by atomic mass is 10.8. The molecule has 0 rings (SSSR count). The number of halogens is 6. The normalized spacial score (nSPS) is 16.3. The molecule has 0 heterocycles. The number of sulfonamides is 2. The largest absolute Gasteiger partial charge is 0.512 e. The van der Waals surface area contributed by atoms with E-state index < -0.39 is 49.7 Å². The smallest absolute Gasteiger partial charge is 0.399 e. The van der Waals surface area contributed by atoms with Gasteiger partial charge in [-0.25, -0.2) is 16.8 Å². The Morgan fingerprint density at radius 1 is 0.864 bits per heavy atom. The molecule has 0 aliphatic rings. The predicted octanol–water partition coefficient (Wildman–Crippen LogP) is 0.429. The zero-order chi connectivity index (χ0) is 18.1. The summed E-state index contributed by atoms with van der Waals surface area (Å²) < 4.78 is 127. The summed E-state index contributed by atoms with van der Waals surface area (Å²) in [4.78, 5) is 0. The van der Waals surface area contributed by atoms with Crippen molar-refractivity contribution in [2.24, 2.45) is 0 Å². The van der Waals surface area contributed by atoms with Crippen LogP contribution in [-0.2, 0) is 28.9 Å². The van der Waals surface area contributed by atoms with Crippen molar-refractivity contribution in [2.45, 2.75) is 23.6 Å². The Hall–Kier alpha value is -0.423. The van der Waals surface area contributed by atoms with E-state index in [2.05, 4.69) is 8.85 Å². The molecule has 0 fully saturated rings. The minimum atomic E-state index is -6.84. The van der Waals surface area contributed by atoms with Crippen LogP contribution >= 0.6 is 0 Å². The van der Waals surface area contributed by atoms with Gasteiger partial charge in [-0.15, -0.1) is 0 Å². The standard InChI is InChI=1S/C6H11F6NO6S2Si/c1-4(22(18-2)19-3)13(20(14,15)5(7,8)9)21(16,17)6(10,11)12/h4,22H,1-3H3. The van der Waals surface area contributed by atoms with Gasteiger partial charge < -0.3 is 8.85 Å². The van der Waals surface area contributed by atoms with Crippen LogP contribution in [0, 0.1) is 0 Å². The minimum Gasteiger partial charge on any atom is -0.399 e. The molecule has 0 radical (unpaired) electrons. The van der Waals surface area contributed by atoms with Crippen LogP contribution in [0.2, 0.25) is 0 Å². The third-order valence-electron chi connectivity index (χ3n) is 2.25. The Bertz CT molecular complexity index is 538. The van der Waals surface area contributed by atoms with Gasteiger partial charge in [0.2, 0.25) is 0 Å². The van der Waals surface area contributed by atoms with Crippen molar-refractivity contribution >= 4 is 29.3 Å². The maximum absolute atomic E-state index is 12.5. The van der Waals surface area contributed by atoms with Gasteiger partial charge in [-0.2, -0.15) is 26.3 Å². The molecule has 0 aliphatic carbocycles. The lowest BCUT2D eigenvalue weighted by Gasteiger charge is -2.30. The average molecular weight is 399 g/mol. The molecular formula is C6H11F6NO6S2Si. The van der Waals surface area contributed by atoms with Crippen LogP contribution in [0.15, 0.2) is 0 Å². The second-order valence-corrected chi connectivity index (χ2v) is 10.2. The van der Waals surface area contributed by atoms with Crippen LogP contribution < -0.4 is 0 Å². The first-order chi connectivity index (χ1) is 9.55. The fourth-order valence-corrected chi connectivity index (χ4v) is 6.92. The second-order valence-electron chi connectivity index (χ2n) is 3.71. The van der Waals surface area contributed by atoms with E-state index in [9.17, 15) is 43.2 Å². The number of rotatable bonds is 6. The van der Waals surface area contributed by atoms with Crippen molar-refractivity contribution in [3.05, 3.63) is 0 Å². The number of hydrogen-bond donors (Lipinski definition) is 0. The van der Waals surface area contributed by atoms with Crippen molar-refractivity contribution in [1.29, 1.82) is 0 Å². The van der Waals surface area contributed by atoms with E-state index in [1.807, 2.05) is 0 Å². The highest BCUT2D eigenvalue weighted by molar-refractivity contribution is 8.04. The van der Waals surface area contributed by atoms with Crippen LogP contribution in [0.4, 0.5) is 26.3 Å². The monoisotopic (exact) mass is 399 g/mol. The molecule has 134 valence electrons. The fourth-order valence-electron chi connectivity index (χ4n) is 1.36. The first-order valence-electron chi connectivity index (χ1n) is 5.03. The Balaban J connectivity index is 6.41. The minimum absolute atomic E-state index is 0.510. The maximum Gasteiger partial charge on any atom is 0.512 e. The average Bonchev–Trinajstić information content (AvgIpc) is 2.26. The summed E-state index contributed by atoms with van der Waals surface area (Å²) in [5.41, 5.74) is -14.9. The molecular weight excluding hydrogens is 388 g/mol. The van der Waals surface area contributed by atoms with Gasteiger partial charge >= 0.3 is 40.3 Å². The first kappa shape index (κ1) is 21.6. The molecule has 0 amide bonds. The molecule has 0 aromatic carbocycles. The van der Waals surface area contributed by atoms with Crippen molar-refractivity contribution < 1.29 is 52.0 Å². The van der Waals surface area contributed by atoms with E-state index in [0.29, 0.717) is 6.92 Å². The van der Waals surface area contributed by atoms with Gasteiger partial charge in [0.1, 0.15) is 0 Å². The van der Waals surface area contributed by atoms with Crippen LogP contribution in [0.25, 0.3) is 0 Å². The van der Waals surface area contributed by atoms with Crippen molar-refractivity contribution in [2.75, 3.05) is 14.2 Å². The topological polar surface area (TPSA) is 90.0 Å². The molecule has 0 N–H and O–H groups in total. The van der Waals surface area contributed by atoms with Gasteiger partial charge in [0.05, 0.1) is 5.67 Å². The molecule has 16 heteroatoms. The second kappa shape index (κ2) is 6.60. The van der Waals surface area contributed by atoms with E-state index in [1.54, 1.807) is 0 Å². The molecule has 0 saturated carbocycles. The lowest BCUT2D eigenvalue weighted by molar-refractivity contribution is -0.0537. The van der Waals surface area contributed by atoms with E-state index in [0.717, 1.165) is 14.2 Å². The molecule has 22 heavy (non-hydrogen) atoms. The molecule has 0 bridgehead atoms. The highest BCUT2D eigenvalue weighted by atomic mass is 32.3. The molecule has 7 nitrogen and oxygen atoms in total. The number of hydrogen-bond acceptors (Lipinski definition) is 6. The first-order valence-corrected chi connectivity index (χ1v) is 9.52. The van der Waals surface area contributed by atoms with Gasteiger partial charge in [-0.05, 0) is 6.92 Å². The van der Waals surface area contributed by atoms with Crippen LogP contribution in [0.1, 0.15) is 6.92 Å². The Morgan fingerprint density at radius 3 is 1.32 bits per heavy atom. The summed E-state index contributed by atoms with van der Waals surface area (Å²) in [6, 6.07) is 0.